The quantitative estimate of drug-likeness (QED) is 0.850. The molecule has 0 fully saturated rings. The van der Waals surface area contributed by atoms with Crippen molar-refractivity contribution < 1.29 is 27.9 Å². The lowest BCUT2D eigenvalue weighted by Crippen LogP contribution is -2.37. The van der Waals surface area contributed by atoms with Gasteiger partial charge in [-0.15, -0.1) is 0 Å². The first-order valence-corrected chi connectivity index (χ1v) is 6.05. The summed E-state index contributed by atoms with van der Waals surface area (Å²) in [5.74, 6) is -1.41. The molecule has 1 heterocycles. The predicted octanol–water partition coefficient (Wildman–Crippen LogP) is 2.11. The summed E-state index contributed by atoms with van der Waals surface area (Å²) in [7, 11) is 1.49. The SMILES string of the molecule is COc1ccc2c(c1)c(CCNC(=O)C(F)(F)F)cn2O. The van der Waals surface area contributed by atoms with Gasteiger partial charge in [-0.25, -0.2) is 0 Å². The molecule has 2 rings (SSSR count). The second-order valence-electron chi connectivity index (χ2n) is 4.39. The summed E-state index contributed by atoms with van der Waals surface area (Å²) in [6.45, 7) is -0.186. The summed E-state index contributed by atoms with van der Waals surface area (Å²) in [6.07, 6.45) is -3.35. The molecular weight excluding hydrogens is 289 g/mol. The normalized spacial score (nSPS) is 11.6. The second kappa shape index (κ2) is 5.55. The molecule has 0 radical (unpaired) electrons. The number of carbonyl (C=O) groups is 1. The first-order chi connectivity index (χ1) is 9.82. The van der Waals surface area contributed by atoms with Gasteiger partial charge in [0.15, 0.2) is 0 Å². The standard InChI is InChI=1S/C13H13F3N2O3/c1-21-9-2-3-11-10(6-9)8(7-18(11)20)4-5-17-12(19)13(14,15)16/h2-3,6-7,20H,4-5H2,1H3,(H,17,19). The molecule has 2 N–H and O–H groups in total. The molecule has 0 aliphatic rings. The van der Waals surface area contributed by atoms with Gasteiger partial charge in [-0.2, -0.15) is 17.9 Å². The molecule has 0 saturated carbocycles. The van der Waals surface area contributed by atoms with Crippen molar-refractivity contribution >= 4 is 16.8 Å². The predicted molar refractivity (Wildman–Crippen MR) is 68.4 cm³/mol. The van der Waals surface area contributed by atoms with Crippen LogP contribution in [-0.4, -0.2) is 35.7 Å². The number of amides is 1. The Labute approximate surface area is 117 Å². The van der Waals surface area contributed by atoms with Gasteiger partial charge in [-0.05, 0) is 30.2 Å². The maximum Gasteiger partial charge on any atom is 0.471 e. The molecule has 114 valence electrons. The summed E-state index contributed by atoms with van der Waals surface area (Å²) in [5.41, 5.74) is 1.11. The molecule has 8 heteroatoms. The molecule has 1 aromatic carbocycles. The Morgan fingerprint density at radius 1 is 1.43 bits per heavy atom. The van der Waals surface area contributed by atoms with Crippen molar-refractivity contribution in [2.75, 3.05) is 13.7 Å². The van der Waals surface area contributed by atoms with Crippen LogP contribution in [0.3, 0.4) is 0 Å². The van der Waals surface area contributed by atoms with Crippen LogP contribution in [0.4, 0.5) is 13.2 Å². The lowest BCUT2D eigenvalue weighted by Gasteiger charge is -2.07. The highest BCUT2D eigenvalue weighted by Gasteiger charge is 2.38. The smallest absolute Gasteiger partial charge is 0.471 e. The first-order valence-electron chi connectivity index (χ1n) is 6.05. The largest absolute Gasteiger partial charge is 0.497 e. The van der Waals surface area contributed by atoms with Crippen LogP contribution in [0.2, 0.25) is 0 Å². The lowest BCUT2D eigenvalue weighted by atomic mass is 10.1. The maximum atomic E-state index is 12.1. The van der Waals surface area contributed by atoms with Gasteiger partial charge >= 0.3 is 12.1 Å². The Hall–Kier alpha value is -2.38. The van der Waals surface area contributed by atoms with Gasteiger partial charge in [0.2, 0.25) is 0 Å². The number of hydrogen-bond acceptors (Lipinski definition) is 3. The van der Waals surface area contributed by atoms with Crippen molar-refractivity contribution in [2.45, 2.75) is 12.6 Å². The molecular formula is C13H13F3N2O3. The average Bonchev–Trinajstić information content (AvgIpc) is 2.74. The first kappa shape index (κ1) is 15.0. The monoisotopic (exact) mass is 302 g/mol. The van der Waals surface area contributed by atoms with E-state index in [2.05, 4.69) is 0 Å². The van der Waals surface area contributed by atoms with Crippen molar-refractivity contribution in [3.05, 3.63) is 30.0 Å². The summed E-state index contributed by atoms with van der Waals surface area (Å²) in [5, 5.41) is 12.1. The number of rotatable bonds is 4. The number of ether oxygens (including phenoxy) is 1. The molecule has 5 nitrogen and oxygen atoms in total. The van der Waals surface area contributed by atoms with E-state index < -0.39 is 12.1 Å². The maximum absolute atomic E-state index is 12.1. The third kappa shape index (κ3) is 3.21. The third-order valence-corrected chi connectivity index (χ3v) is 3.01. The van der Waals surface area contributed by atoms with Crippen LogP contribution in [0.15, 0.2) is 24.4 Å². The number of fused-ring (bicyclic) bond motifs is 1. The third-order valence-electron chi connectivity index (χ3n) is 3.01. The summed E-state index contributed by atoms with van der Waals surface area (Å²) >= 11 is 0. The number of aromatic nitrogens is 1. The fourth-order valence-electron chi connectivity index (χ4n) is 2.00. The molecule has 0 bridgehead atoms. The minimum Gasteiger partial charge on any atom is -0.497 e. The van der Waals surface area contributed by atoms with Crippen molar-refractivity contribution in [3.8, 4) is 5.75 Å². The topological polar surface area (TPSA) is 63.5 Å². The Morgan fingerprint density at radius 2 is 2.14 bits per heavy atom. The van der Waals surface area contributed by atoms with Gasteiger partial charge in [0.05, 0.1) is 12.6 Å². The number of halogens is 3. The van der Waals surface area contributed by atoms with E-state index in [9.17, 15) is 23.2 Å². The number of alkyl halides is 3. The fourth-order valence-corrected chi connectivity index (χ4v) is 2.00. The zero-order chi connectivity index (χ0) is 15.6. The minimum absolute atomic E-state index is 0.152. The van der Waals surface area contributed by atoms with Crippen molar-refractivity contribution in [1.29, 1.82) is 0 Å². The van der Waals surface area contributed by atoms with E-state index in [1.165, 1.54) is 13.3 Å². The number of nitrogens with one attached hydrogen (secondary N) is 1. The Kier molecular flexibility index (Phi) is 3.97. The van der Waals surface area contributed by atoms with E-state index in [0.29, 0.717) is 22.2 Å². The highest BCUT2D eigenvalue weighted by atomic mass is 19.4. The van der Waals surface area contributed by atoms with Gasteiger partial charge in [0.1, 0.15) is 5.75 Å². The zero-order valence-corrected chi connectivity index (χ0v) is 11.1. The van der Waals surface area contributed by atoms with Crippen LogP contribution in [0.25, 0.3) is 10.9 Å². The Morgan fingerprint density at radius 3 is 2.76 bits per heavy atom. The fraction of sp³-hybridized carbons (Fsp3) is 0.308. The van der Waals surface area contributed by atoms with Gasteiger partial charge in [0.25, 0.3) is 0 Å². The number of hydrogen-bond donors (Lipinski definition) is 2. The van der Waals surface area contributed by atoms with Crippen LogP contribution in [0.5, 0.6) is 5.75 Å². The molecule has 0 unspecified atom stereocenters. The van der Waals surface area contributed by atoms with Gasteiger partial charge in [0, 0.05) is 18.1 Å². The second-order valence-corrected chi connectivity index (χ2v) is 4.39. The van der Waals surface area contributed by atoms with E-state index in [1.54, 1.807) is 23.5 Å². The molecule has 0 atom stereocenters. The molecule has 0 aliphatic carbocycles. The molecule has 0 spiro atoms. The van der Waals surface area contributed by atoms with E-state index >= 15 is 0 Å². The molecule has 1 aromatic heterocycles. The van der Waals surface area contributed by atoms with E-state index in [-0.39, 0.29) is 13.0 Å². The van der Waals surface area contributed by atoms with E-state index in [0.717, 1.165) is 4.73 Å². The summed E-state index contributed by atoms with van der Waals surface area (Å²) in [4.78, 5) is 10.7. The minimum atomic E-state index is -4.89. The average molecular weight is 302 g/mol. The Balaban J connectivity index is 2.13. The number of methoxy groups -OCH3 is 1. The lowest BCUT2D eigenvalue weighted by molar-refractivity contribution is -0.173. The van der Waals surface area contributed by atoms with Crippen molar-refractivity contribution in [3.63, 3.8) is 0 Å². The number of benzene rings is 1. The zero-order valence-electron chi connectivity index (χ0n) is 11.1. The molecule has 0 aliphatic heterocycles. The van der Waals surface area contributed by atoms with Crippen molar-refractivity contribution in [1.82, 2.24) is 10.0 Å². The number of carbonyl (C=O) groups excluding carboxylic acids is 1. The van der Waals surface area contributed by atoms with Gasteiger partial charge < -0.3 is 15.3 Å². The number of nitrogens with zero attached hydrogens (tertiary/aromatic N) is 1. The van der Waals surface area contributed by atoms with Gasteiger partial charge in [-0.3, -0.25) is 4.79 Å². The molecule has 2 aromatic rings. The molecule has 1 amide bonds. The van der Waals surface area contributed by atoms with Crippen LogP contribution in [0, 0.1) is 0 Å². The highest BCUT2D eigenvalue weighted by Crippen LogP contribution is 2.25. The van der Waals surface area contributed by atoms with Crippen LogP contribution < -0.4 is 10.1 Å². The van der Waals surface area contributed by atoms with Crippen LogP contribution >= 0.6 is 0 Å². The van der Waals surface area contributed by atoms with Crippen molar-refractivity contribution in [2.24, 2.45) is 0 Å². The summed E-state index contributed by atoms with van der Waals surface area (Å²) < 4.78 is 42.1. The van der Waals surface area contributed by atoms with Crippen LogP contribution in [-0.2, 0) is 11.2 Å². The van der Waals surface area contributed by atoms with E-state index in [4.69, 9.17) is 4.74 Å². The van der Waals surface area contributed by atoms with E-state index in [1.807, 2.05) is 0 Å². The summed E-state index contributed by atoms with van der Waals surface area (Å²) in [6, 6.07) is 4.96. The highest BCUT2D eigenvalue weighted by molar-refractivity contribution is 5.85. The van der Waals surface area contributed by atoms with Crippen LogP contribution in [0.1, 0.15) is 5.56 Å². The van der Waals surface area contributed by atoms with Gasteiger partial charge in [-0.1, -0.05) is 0 Å². The molecule has 21 heavy (non-hydrogen) atoms. The molecule has 0 saturated heterocycles. The Bertz CT molecular complexity index is 664.